The van der Waals surface area contributed by atoms with E-state index in [1.54, 1.807) is 6.07 Å². The molecule has 0 aliphatic carbocycles. The summed E-state index contributed by atoms with van der Waals surface area (Å²) >= 11 is 0. The van der Waals surface area contributed by atoms with E-state index in [0.717, 1.165) is 39.1 Å². The molecule has 8 nitrogen and oxygen atoms in total. The SMILES string of the molecule is O=C(COc1cccc([N+](=O)[O-])c1)NCCCN1CCNCC1. The van der Waals surface area contributed by atoms with Crippen LogP contribution in [-0.2, 0) is 4.79 Å². The number of hydrogen-bond donors (Lipinski definition) is 2. The van der Waals surface area contributed by atoms with Gasteiger partial charge in [-0.15, -0.1) is 0 Å². The van der Waals surface area contributed by atoms with Gasteiger partial charge in [-0.2, -0.15) is 0 Å². The van der Waals surface area contributed by atoms with Crippen molar-refractivity contribution in [1.29, 1.82) is 0 Å². The standard InChI is InChI=1S/C15H22N4O4/c20-15(17-5-2-8-18-9-6-16-7-10-18)12-23-14-4-1-3-13(11-14)19(21)22/h1,3-4,11,16H,2,5-10,12H2,(H,17,20). The minimum atomic E-state index is -0.497. The fourth-order valence-electron chi connectivity index (χ4n) is 2.35. The summed E-state index contributed by atoms with van der Waals surface area (Å²) in [7, 11) is 0. The Kier molecular flexibility index (Phi) is 6.76. The molecule has 1 saturated heterocycles. The quantitative estimate of drug-likeness (QED) is 0.408. The molecule has 2 rings (SSSR count). The average Bonchev–Trinajstić information content (AvgIpc) is 2.58. The van der Waals surface area contributed by atoms with Crippen molar-refractivity contribution in [3.05, 3.63) is 34.4 Å². The van der Waals surface area contributed by atoms with Gasteiger partial charge in [0.05, 0.1) is 11.0 Å². The minimum absolute atomic E-state index is 0.0565. The highest BCUT2D eigenvalue weighted by Gasteiger charge is 2.10. The summed E-state index contributed by atoms with van der Waals surface area (Å²) in [4.78, 5) is 24.2. The zero-order chi connectivity index (χ0) is 16.5. The number of carbonyl (C=O) groups is 1. The lowest BCUT2D eigenvalue weighted by atomic mass is 10.3. The number of amides is 1. The molecule has 1 aromatic rings. The van der Waals surface area contributed by atoms with Crippen LogP contribution in [0.25, 0.3) is 0 Å². The van der Waals surface area contributed by atoms with Gasteiger partial charge in [0.2, 0.25) is 0 Å². The monoisotopic (exact) mass is 322 g/mol. The second-order valence-electron chi connectivity index (χ2n) is 5.34. The van der Waals surface area contributed by atoms with Crippen LogP contribution in [0.4, 0.5) is 5.69 Å². The second kappa shape index (κ2) is 9.06. The van der Waals surface area contributed by atoms with Crippen LogP contribution in [0.5, 0.6) is 5.75 Å². The van der Waals surface area contributed by atoms with Crippen LogP contribution in [0.15, 0.2) is 24.3 Å². The van der Waals surface area contributed by atoms with Crippen molar-refractivity contribution in [1.82, 2.24) is 15.5 Å². The van der Waals surface area contributed by atoms with Crippen LogP contribution in [0.2, 0.25) is 0 Å². The molecule has 23 heavy (non-hydrogen) atoms. The molecule has 0 bridgehead atoms. The van der Waals surface area contributed by atoms with Crippen molar-refractivity contribution >= 4 is 11.6 Å². The van der Waals surface area contributed by atoms with Crippen LogP contribution in [0.1, 0.15) is 6.42 Å². The fourth-order valence-corrected chi connectivity index (χ4v) is 2.35. The Morgan fingerprint density at radius 3 is 2.91 bits per heavy atom. The molecule has 0 aromatic heterocycles. The smallest absolute Gasteiger partial charge is 0.273 e. The molecule has 1 heterocycles. The van der Waals surface area contributed by atoms with E-state index >= 15 is 0 Å². The average molecular weight is 322 g/mol. The number of nitro benzene ring substituents is 1. The molecule has 0 atom stereocenters. The van der Waals surface area contributed by atoms with Crippen LogP contribution < -0.4 is 15.4 Å². The van der Waals surface area contributed by atoms with Gasteiger partial charge in [0.1, 0.15) is 5.75 Å². The first kappa shape index (κ1) is 17.2. The van der Waals surface area contributed by atoms with Gasteiger partial charge >= 0.3 is 0 Å². The molecule has 1 aromatic carbocycles. The maximum Gasteiger partial charge on any atom is 0.273 e. The van der Waals surface area contributed by atoms with Crippen molar-refractivity contribution in [2.24, 2.45) is 0 Å². The molecular weight excluding hydrogens is 300 g/mol. The molecule has 2 N–H and O–H groups in total. The Morgan fingerprint density at radius 1 is 1.39 bits per heavy atom. The third-order valence-electron chi connectivity index (χ3n) is 3.58. The summed E-state index contributed by atoms with van der Waals surface area (Å²) in [5.41, 5.74) is -0.0565. The van der Waals surface area contributed by atoms with Crippen LogP contribution >= 0.6 is 0 Å². The predicted octanol–water partition coefficient (Wildman–Crippen LogP) is 0.385. The number of carbonyl (C=O) groups excluding carboxylic acids is 1. The van der Waals surface area contributed by atoms with Gasteiger partial charge in [-0.05, 0) is 19.0 Å². The highest BCUT2D eigenvalue weighted by Crippen LogP contribution is 2.18. The van der Waals surface area contributed by atoms with Gasteiger partial charge in [0, 0.05) is 38.8 Å². The normalized spacial score (nSPS) is 15.1. The molecule has 0 radical (unpaired) electrons. The van der Waals surface area contributed by atoms with Crippen molar-refractivity contribution in [2.75, 3.05) is 45.9 Å². The van der Waals surface area contributed by atoms with E-state index in [0.29, 0.717) is 12.3 Å². The van der Waals surface area contributed by atoms with E-state index in [2.05, 4.69) is 15.5 Å². The summed E-state index contributed by atoms with van der Waals surface area (Å²) in [5.74, 6) is 0.0898. The Hall–Kier alpha value is -2.19. The summed E-state index contributed by atoms with van der Waals surface area (Å²) < 4.78 is 5.27. The first-order chi connectivity index (χ1) is 11.1. The van der Waals surface area contributed by atoms with Crippen molar-refractivity contribution < 1.29 is 14.5 Å². The molecule has 1 aliphatic heterocycles. The number of nitro groups is 1. The molecule has 1 fully saturated rings. The van der Waals surface area contributed by atoms with E-state index < -0.39 is 4.92 Å². The van der Waals surface area contributed by atoms with Crippen molar-refractivity contribution in [2.45, 2.75) is 6.42 Å². The zero-order valence-electron chi connectivity index (χ0n) is 13.0. The number of nitrogens with one attached hydrogen (secondary N) is 2. The Bertz CT molecular complexity index is 532. The Morgan fingerprint density at radius 2 is 2.17 bits per heavy atom. The molecule has 1 aliphatic rings. The van der Waals surface area contributed by atoms with Gasteiger partial charge in [-0.1, -0.05) is 6.07 Å². The summed E-state index contributed by atoms with van der Waals surface area (Å²) in [6.45, 7) is 5.55. The number of piperazine rings is 1. The summed E-state index contributed by atoms with van der Waals surface area (Å²) in [6.07, 6.45) is 0.891. The molecule has 0 unspecified atom stereocenters. The van der Waals surface area contributed by atoms with Gasteiger partial charge in [0.25, 0.3) is 11.6 Å². The number of hydrogen-bond acceptors (Lipinski definition) is 6. The molecule has 0 spiro atoms. The largest absolute Gasteiger partial charge is 0.484 e. The van der Waals surface area contributed by atoms with Gasteiger partial charge in [0.15, 0.2) is 6.61 Å². The van der Waals surface area contributed by atoms with E-state index in [-0.39, 0.29) is 18.2 Å². The van der Waals surface area contributed by atoms with Crippen molar-refractivity contribution in [3.8, 4) is 5.75 Å². The summed E-state index contributed by atoms with van der Waals surface area (Å²) in [6, 6.07) is 5.80. The number of rotatable bonds is 8. The number of nitrogens with zero attached hydrogens (tertiary/aromatic N) is 2. The topological polar surface area (TPSA) is 96.7 Å². The van der Waals surface area contributed by atoms with Crippen LogP contribution in [0, 0.1) is 10.1 Å². The van der Waals surface area contributed by atoms with E-state index in [1.807, 2.05) is 0 Å². The number of non-ortho nitro benzene ring substituents is 1. The van der Waals surface area contributed by atoms with Gasteiger partial charge < -0.3 is 20.3 Å². The van der Waals surface area contributed by atoms with E-state index in [1.165, 1.54) is 18.2 Å². The fraction of sp³-hybridized carbons (Fsp3) is 0.533. The van der Waals surface area contributed by atoms with Crippen LogP contribution in [-0.4, -0.2) is 61.6 Å². The van der Waals surface area contributed by atoms with E-state index in [4.69, 9.17) is 4.74 Å². The Balaban J connectivity index is 1.61. The maximum absolute atomic E-state index is 11.7. The lowest BCUT2D eigenvalue weighted by molar-refractivity contribution is -0.384. The number of benzene rings is 1. The minimum Gasteiger partial charge on any atom is -0.484 e. The lowest BCUT2D eigenvalue weighted by Gasteiger charge is -2.27. The molecule has 0 saturated carbocycles. The maximum atomic E-state index is 11.7. The number of ether oxygens (including phenoxy) is 1. The molecule has 8 heteroatoms. The highest BCUT2D eigenvalue weighted by atomic mass is 16.6. The molecule has 126 valence electrons. The second-order valence-corrected chi connectivity index (χ2v) is 5.34. The predicted molar refractivity (Wildman–Crippen MR) is 85.5 cm³/mol. The molecular formula is C15H22N4O4. The van der Waals surface area contributed by atoms with E-state index in [9.17, 15) is 14.9 Å². The summed E-state index contributed by atoms with van der Waals surface area (Å²) in [5, 5.41) is 16.7. The third kappa shape index (κ3) is 6.21. The highest BCUT2D eigenvalue weighted by molar-refractivity contribution is 5.77. The Labute approximate surface area is 134 Å². The van der Waals surface area contributed by atoms with Gasteiger partial charge in [-0.25, -0.2) is 0 Å². The van der Waals surface area contributed by atoms with Gasteiger partial charge in [-0.3, -0.25) is 14.9 Å². The third-order valence-corrected chi connectivity index (χ3v) is 3.58. The zero-order valence-corrected chi connectivity index (χ0v) is 13.0. The van der Waals surface area contributed by atoms with Crippen LogP contribution in [0.3, 0.4) is 0 Å². The first-order valence-electron chi connectivity index (χ1n) is 7.72. The molecule has 1 amide bonds. The lowest BCUT2D eigenvalue weighted by Crippen LogP contribution is -2.44. The van der Waals surface area contributed by atoms with Crippen molar-refractivity contribution in [3.63, 3.8) is 0 Å². The first-order valence-corrected chi connectivity index (χ1v) is 7.72.